The Bertz CT molecular complexity index is 1920. The number of rotatable bonds is 2. The van der Waals surface area contributed by atoms with Crippen LogP contribution >= 0.6 is 11.3 Å². The average Bonchev–Trinajstić information content (AvgIpc) is 3.43. The SMILES string of the molecule is CC(C)(C)c1nc(-c2ccc3c4ccccc4n(-c4ccccc4)c3c2)nc2sc3ccccc3c12. The van der Waals surface area contributed by atoms with Crippen molar-refractivity contribution in [1.82, 2.24) is 14.5 Å². The van der Waals surface area contributed by atoms with Crippen LogP contribution in [0.25, 0.3) is 59.2 Å². The molecule has 3 heterocycles. The van der Waals surface area contributed by atoms with Crippen molar-refractivity contribution in [3.05, 3.63) is 103 Å². The van der Waals surface area contributed by atoms with Crippen LogP contribution in [0.2, 0.25) is 0 Å². The van der Waals surface area contributed by atoms with Gasteiger partial charge >= 0.3 is 0 Å². The fourth-order valence-corrected chi connectivity index (χ4v) is 6.34. The third-order valence-electron chi connectivity index (χ3n) is 6.90. The van der Waals surface area contributed by atoms with Gasteiger partial charge in [-0.2, -0.15) is 0 Å². The molecular formula is C32H25N3S. The van der Waals surface area contributed by atoms with Crippen LogP contribution in [0, 0.1) is 0 Å². The fourth-order valence-electron chi connectivity index (χ4n) is 5.26. The van der Waals surface area contributed by atoms with Crippen LogP contribution in [-0.2, 0) is 5.41 Å². The van der Waals surface area contributed by atoms with E-state index in [0.29, 0.717) is 0 Å². The lowest BCUT2D eigenvalue weighted by atomic mass is 9.89. The molecule has 3 nitrogen and oxygen atoms in total. The number of para-hydroxylation sites is 2. The molecule has 174 valence electrons. The van der Waals surface area contributed by atoms with Gasteiger partial charge in [-0.1, -0.05) is 87.5 Å². The van der Waals surface area contributed by atoms with E-state index in [1.807, 2.05) is 0 Å². The summed E-state index contributed by atoms with van der Waals surface area (Å²) in [7, 11) is 0. The number of benzene rings is 4. The minimum Gasteiger partial charge on any atom is -0.309 e. The van der Waals surface area contributed by atoms with E-state index in [4.69, 9.17) is 9.97 Å². The number of nitrogens with zero attached hydrogens (tertiary/aromatic N) is 3. The van der Waals surface area contributed by atoms with Crippen molar-refractivity contribution < 1.29 is 0 Å². The highest BCUT2D eigenvalue weighted by atomic mass is 32.1. The normalized spacial score (nSPS) is 12.3. The van der Waals surface area contributed by atoms with E-state index >= 15 is 0 Å². The van der Waals surface area contributed by atoms with Crippen molar-refractivity contribution >= 4 is 53.4 Å². The Kier molecular flexibility index (Phi) is 4.57. The van der Waals surface area contributed by atoms with Crippen molar-refractivity contribution in [2.24, 2.45) is 0 Å². The highest BCUT2D eigenvalue weighted by molar-refractivity contribution is 7.25. The first-order valence-electron chi connectivity index (χ1n) is 12.3. The van der Waals surface area contributed by atoms with Crippen LogP contribution in [0.4, 0.5) is 0 Å². The number of hydrogen-bond acceptors (Lipinski definition) is 3. The smallest absolute Gasteiger partial charge is 0.161 e. The standard InChI is InChI=1S/C32H25N3S/c1-32(2,3)29-28-24-14-8-10-16-27(24)36-31(28)34-30(33-29)20-17-18-23-22-13-7-9-15-25(22)35(26(23)19-20)21-11-5-4-6-12-21/h4-19H,1-3H3. The third kappa shape index (κ3) is 3.18. The maximum absolute atomic E-state index is 5.21. The zero-order valence-corrected chi connectivity index (χ0v) is 21.3. The first-order valence-corrected chi connectivity index (χ1v) is 13.1. The van der Waals surface area contributed by atoms with E-state index < -0.39 is 0 Å². The lowest BCUT2D eigenvalue weighted by Crippen LogP contribution is -2.15. The zero-order valence-electron chi connectivity index (χ0n) is 20.5. The molecule has 36 heavy (non-hydrogen) atoms. The topological polar surface area (TPSA) is 30.7 Å². The summed E-state index contributed by atoms with van der Waals surface area (Å²) in [6.45, 7) is 6.71. The van der Waals surface area contributed by atoms with E-state index in [1.54, 1.807) is 11.3 Å². The van der Waals surface area contributed by atoms with Crippen LogP contribution in [0.1, 0.15) is 26.5 Å². The van der Waals surface area contributed by atoms with Crippen LogP contribution in [0.15, 0.2) is 97.1 Å². The Morgan fingerprint density at radius 2 is 1.36 bits per heavy atom. The predicted molar refractivity (Wildman–Crippen MR) is 153 cm³/mol. The van der Waals surface area contributed by atoms with Crippen LogP contribution < -0.4 is 0 Å². The van der Waals surface area contributed by atoms with Gasteiger partial charge in [-0.05, 0) is 30.3 Å². The van der Waals surface area contributed by atoms with Gasteiger partial charge in [0.2, 0.25) is 0 Å². The summed E-state index contributed by atoms with van der Waals surface area (Å²) in [6, 6.07) is 34.4. The Balaban J connectivity index is 1.54. The van der Waals surface area contributed by atoms with Crippen LogP contribution in [0.3, 0.4) is 0 Å². The molecule has 7 aromatic rings. The van der Waals surface area contributed by atoms with Crippen LogP contribution in [-0.4, -0.2) is 14.5 Å². The maximum atomic E-state index is 5.21. The molecule has 0 radical (unpaired) electrons. The van der Waals surface area contributed by atoms with E-state index in [0.717, 1.165) is 33.1 Å². The first-order chi connectivity index (χ1) is 17.5. The van der Waals surface area contributed by atoms with E-state index in [1.165, 1.54) is 31.8 Å². The molecule has 0 aliphatic carbocycles. The molecule has 0 spiro atoms. The molecule has 0 atom stereocenters. The van der Waals surface area contributed by atoms with Gasteiger partial charge in [0.05, 0.1) is 16.7 Å². The second kappa shape index (κ2) is 7.74. The van der Waals surface area contributed by atoms with Crippen molar-refractivity contribution in [3.8, 4) is 17.1 Å². The van der Waals surface area contributed by atoms with Gasteiger partial charge in [-0.3, -0.25) is 0 Å². The molecule has 0 saturated carbocycles. The number of fused-ring (bicyclic) bond motifs is 6. The molecule has 4 aromatic carbocycles. The summed E-state index contributed by atoms with van der Waals surface area (Å²) >= 11 is 1.75. The van der Waals surface area contributed by atoms with Gasteiger partial charge in [0.25, 0.3) is 0 Å². The zero-order chi connectivity index (χ0) is 24.4. The first kappa shape index (κ1) is 21.3. The number of hydrogen-bond donors (Lipinski definition) is 0. The lowest BCUT2D eigenvalue weighted by Gasteiger charge is -2.20. The summed E-state index contributed by atoms with van der Waals surface area (Å²) in [6.07, 6.45) is 0. The predicted octanol–water partition coefficient (Wildman–Crippen LogP) is 8.91. The molecule has 0 N–H and O–H groups in total. The van der Waals surface area contributed by atoms with Crippen LogP contribution in [0.5, 0.6) is 0 Å². The van der Waals surface area contributed by atoms with E-state index in [2.05, 4.69) is 122 Å². The average molecular weight is 484 g/mol. The maximum Gasteiger partial charge on any atom is 0.161 e. The number of thiophene rings is 1. The fraction of sp³-hybridized carbons (Fsp3) is 0.125. The Morgan fingerprint density at radius 1 is 0.667 bits per heavy atom. The molecule has 0 amide bonds. The Labute approximate surface area is 213 Å². The summed E-state index contributed by atoms with van der Waals surface area (Å²) in [5.41, 5.74) is 5.54. The van der Waals surface area contributed by atoms with Crippen molar-refractivity contribution in [2.45, 2.75) is 26.2 Å². The summed E-state index contributed by atoms with van der Waals surface area (Å²) < 4.78 is 3.60. The van der Waals surface area contributed by atoms with E-state index in [-0.39, 0.29) is 5.41 Å². The van der Waals surface area contributed by atoms with Gasteiger partial charge in [-0.15, -0.1) is 11.3 Å². The van der Waals surface area contributed by atoms with Gasteiger partial charge in [-0.25, -0.2) is 9.97 Å². The molecule has 0 fully saturated rings. The Hall–Kier alpha value is -4.02. The molecule has 3 aromatic heterocycles. The third-order valence-corrected chi connectivity index (χ3v) is 7.96. The number of aromatic nitrogens is 3. The van der Waals surface area contributed by atoms with Crippen molar-refractivity contribution in [3.63, 3.8) is 0 Å². The lowest BCUT2D eigenvalue weighted by molar-refractivity contribution is 0.575. The molecule has 0 bridgehead atoms. The molecule has 0 saturated heterocycles. The monoisotopic (exact) mass is 483 g/mol. The molecular weight excluding hydrogens is 458 g/mol. The molecule has 0 aliphatic rings. The molecule has 4 heteroatoms. The molecule has 0 aliphatic heterocycles. The minimum atomic E-state index is -0.108. The van der Waals surface area contributed by atoms with E-state index in [9.17, 15) is 0 Å². The second-order valence-electron chi connectivity index (χ2n) is 10.3. The molecule has 7 rings (SSSR count). The van der Waals surface area contributed by atoms with Crippen molar-refractivity contribution in [1.29, 1.82) is 0 Å². The minimum absolute atomic E-state index is 0.108. The second-order valence-corrected chi connectivity index (χ2v) is 11.4. The summed E-state index contributed by atoms with van der Waals surface area (Å²) in [5, 5.41) is 4.91. The highest BCUT2D eigenvalue weighted by Gasteiger charge is 2.24. The van der Waals surface area contributed by atoms with Crippen molar-refractivity contribution in [2.75, 3.05) is 0 Å². The van der Waals surface area contributed by atoms with Gasteiger partial charge in [0.1, 0.15) is 4.83 Å². The summed E-state index contributed by atoms with van der Waals surface area (Å²) in [4.78, 5) is 11.4. The largest absolute Gasteiger partial charge is 0.309 e. The Morgan fingerprint density at radius 3 is 2.17 bits per heavy atom. The quantitative estimate of drug-likeness (QED) is 0.246. The highest BCUT2D eigenvalue weighted by Crippen LogP contribution is 2.40. The van der Waals surface area contributed by atoms with Gasteiger partial charge in [0, 0.05) is 42.9 Å². The summed E-state index contributed by atoms with van der Waals surface area (Å²) in [5.74, 6) is 0.783. The van der Waals surface area contributed by atoms with Gasteiger partial charge in [0.15, 0.2) is 5.82 Å². The molecule has 0 unspecified atom stereocenters. The van der Waals surface area contributed by atoms with Gasteiger partial charge < -0.3 is 4.57 Å².